The van der Waals surface area contributed by atoms with Crippen molar-refractivity contribution < 1.29 is 13.6 Å². The van der Waals surface area contributed by atoms with E-state index in [2.05, 4.69) is 15.2 Å². The summed E-state index contributed by atoms with van der Waals surface area (Å²) >= 11 is 0. The number of rotatable bonds is 4. The number of halogens is 2. The van der Waals surface area contributed by atoms with Crippen molar-refractivity contribution in [2.75, 3.05) is 42.5 Å². The van der Waals surface area contributed by atoms with Gasteiger partial charge in [-0.05, 0) is 44.6 Å². The van der Waals surface area contributed by atoms with Gasteiger partial charge in [-0.25, -0.2) is 13.8 Å². The smallest absolute Gasteiger partial charge is 0.255 e. The van der Waals surface area contributed by atoms with Gasteiger partial charge in [-0.15, -0.1) is 0 Å². The maximum absolute atomic E-state index is 15.1. The van der Waals surface area contributed by atoms with Gasteiger partial charge in [-0.1, -0.05) is 0 Å². The van der Waals surface area contributed by atoms with Crippen LogP contribution in [0.3, 0.4) is 0 Å². The highest BCUT2D eigenvalue weighted by molar-refractivity contribution is 5.73. The number of aromatic nitrogens is 2. The lowest BCUT2D eigenvalue weighted by atomic mass is 9.74. The molecule has 1 aromatic carbocycles. The van der Waals surface area contributed by atoms with Crippen LogP contribution in [-0.4, -0.2) is 48.6 Å². The van der Waals surface area contributed by atoms with E-state index in [1.807, 2.05) is 4.90 Å². The van der Waals surface area contributed by atoms with Crippen molar-refractivity contribution in [2.24, 2.45) is 0 Å². The molecule has 2 aromatic rings. The molecule has 1 saturated heterocycles. The van der Waals surface area contributed by atoms with E-state index in [9.17, 15) is 14.0 Å². The van der Waals surface area contributed by atoms with Gasteiger partial charge >= 0.3 is 0 Å². The minimum atomic E-state index is -0.596. The van der Waals surface area contributed by atoms with Crippen molar-refractivity contribution in [3.63, 3.8) is 0 Å². The van der Waals surface area contributed by atoms with Crippen LogP contribution in [-0.2, 0) is 23.1 Å². The van der Waals surface area contributed by atoms with Crippen LogP contribution in [0.2, 0.25) is 0 Å². The van der Waals surface area contributed by atoms with E-state index in [1.54, 1.807) is 0 Å². The fourth-order valence-electron chi connectivity index (χ4n) is 5.72. The van der Waals surface area contributed by atoms with Crippen LogP contribution in [0.1, 0.15) is 49.4 Å². The molecular weight excluding hydrogens is 428 g/mol. The summed E-state index contributed by atoms with van der Waals surface area (Å²) in [5.74, 6) is -0.646. The number of hydrogen-bond donors (Lipinski definition) is 2. The third kappa shape index (κ3) is 3.98. The first-order valence-electron chi connectivity index (χ1n) is 11.7. The van der Waals surface area contributed by atoms with Gasteiger partial charge in [-0.2, -0.15) is 0 Å². The van der Waals surface area contributed by atoms with Crippen molar-refractivity contribution in [3.8, 4) is 0 Å². The lowest BCUT2D eigenvalue weighted by Crippen LogP contribution is -2.47. The molecule has 3 aliphatic rings. The number of H-pyrrole nitrogens is 1. The van der Waals surface area contributed by atoms with Crippen LogP contribution in [0.4, 0.5) is 20.4 Å². The highest BCUT2D eigenvalue weighted by atomic mass is 19.1. The van der Waals surface area contributed by atoms with E-state index in [0.717, 1.165) is 43.0 Å². The second-order valence-electron chi connectivity index (χ2n) is 9.48. The molecule has 5 rings (SSSR count). The Morgan fingerprint density at radius 1 is 1.21 bits per heavy atom. The zero-order valence-electron chi connectivity index (χ0n) is 18.8. The van der Waals surface area contributed by atoms with Crippen LogP contribution < -0.4 is 20.7 Å². The molecule has 0 unspecified atom stereocenters. The Bertz CT molecular complexity index is 1140. The van der Waals surface area contributed by atoms with Crippen molar-refractivity contribution in [2.45, 2.75) is 50.9 Å². The molecular formula is C24H29F2N5O2. The van der Waals surface area contributed by atoms with Gasteiger partial charge < -0.3 is 15.1 Å². The number of amides is 1. The Kier molecular flexibility index (Phi) is 5.58. The number of aromatic amines is 1. The Balaban J connectivity index is 1.38. The molecule has 176 valence electrons. The highest BCUT2D eigenvalue weighted by Crippen LogP contribution is 2.48. The Morgan fingerprint density at radius 2 is 1.97 bits per heavy atom. The molecule has 1 aliphatic carbocycles. The predicted molar refractivity (Wildman–Crippen MR) is 122 cm³/mol. The van der Waals surface area contributed by atoms with Gasteiger partial charge in [0.1, 0.15) is 11.6 Å². The molecule has 0 bridgehead atoms. The summed E-state index contributed by atoms with van der Waals surface area (Å²) in [5, 5.41) is 2.76. The van der Waals surface area contributed by atoms with E-state index in [0.29, 0.717) is 62.8 Å². The minimum absolute atomic E-state index is 0.0492. The number of hydrogen-bond acceptors (Lipinski definition) is 5. The normalized spacial score (nSPS) is 18.9. The van der Waals surface area contributed by atoms with E-state index < -0.39 is 17.0 Å². The van der Waals surface area contributed by atoms with Gasteiger partial charge in [0, 0.05) is 67.9 Å². The summed E-state index contributed by atoms with van der Waals surface area (Å²) in [6.07, 6.45) is 5.01. The molecule has 7 nitrogen and oxygen atoms in total. The summed E-state index contributed by atoms with van der Waals surface area (Å²) in [6, 6.07) is 2.36. The Labute approximate surface area is 191 Å². The largest absolute Gasteiger partial charge is 0.368 e. The zero-order valence-corrected chi connectivity index (χ0v) is 18.8. The van der Waals surface area contributed by atoms with Gasteiger partial charge in [0.25, 0.3) is 5.56 Å². The van der Waals surface area contributed by atoms with Crippen molar-refractivity contribution in [1.29, 1.82) is 0 Å². The number of benzene rings is 1. The SMILES string of the molecule is CC(=O)NCCN1CC2(CCN(c3nc4c(c(=O)[nH]3)CCCC4)CC2)c2c(F)cc(F)cc21. The van der Waals surface area contributed by atoms with E-state index in [4.69, 9.17) is 4.98 Å². The monoisotopic (exact) mass is 457 g/mol. The van der Waals surface area contributed by atoms with Crippen LogP contribution in [0.5, 0.6) is 0 Å². The third-order valence-corrected chi connectivity index (χ3v) is 7.35. The average Bonchev–Trinajstić information content (AvgIpc) is 3.07. The maximum atomic E-state index is 15.1. The second-order valence-corrected chi connectivity index (χ2v) is 9.48. The zero-order chi connectivity index (χ0) is 23.2. The molecule has 0 saturated carbocycles. The molecule has 1 spiro atoms. The molecule has 3 heterocycles. The summed E-state index contributed by atoms with van der Waals surface area (Å²) in [5.41, 5.74) is 2.37. The lowest BCUT2D eigenvalue weighted by molar-refractivity contribution is -0.118. The lowest BCUT2D eigenvalue weighted by Gasteiger charge is -2.40. The Morgan fingerprint density at radius 3 is 2.73 bits per heavy atom. The number of carbonyl (C=O) groups is 1. The van der Waals surface area contributed by atoms with E-state index in [1.165, 1.54) is 13.0 Å². The molecule has 0 radical (unpaired) electrons. The second kappa shape index (κ2) is 8.43. The molecule has 1 amide bonds. The number of nitrogens with zero attached hydrogens (tertiary/aromatic N) is 3. The summed E-state index contributed by atoms with van der Waals surface area (Å²) in [7, 11) is 0. The standard InChI is InChI=1S/C24H29F2N5O2/c1-15(32)27-8-11-31-14-24(21-18(26)12-16(25)13-20(21)31)6-9-30(10-7-24)23-28-19-5-3-2-4-17(19)22(33)29-23/h12-13H,2-11,14H2,1H3,(H,27,32)(H,28,29,33). The average molecular weight is 458 g/mol. The molecule has 2 N–H and O–H groups in total. The molecule has 33 heavy (non-hydrogen) atoms. The summed E-state index contributed by atoms with van der Waals surface area (Å²) in [6.45, 7) is 4.17. The molecule has 1 aromatic heterocycles. The van der Waals surface area contributed by atoms with Gasteiger partial charge in [0.05, 0.1) is 5.69 Å². The van der Waals surface area contributed by atoms with Gasteiger partial charge in [0.2, 0.25) is 11.9 Å². The summed E-state index contributed by atoms with van der Waals surface area (Å²) in [4.78, 5) is 35.6. The topological polar surface area (TPSA) is 81.3 Å². The van der Waals surface area contributed by atoms with Crippen molar-refractivity contribution in [3.05, 3.63) is 50.9 Å². The number of fused-ring (bicyclic) bond motifs is 3. The number of carbonyl (C=O) groups excluding carboxylic acids is 1. The van der Waals surface area contributed by atoms with E-state index >= 15 is 4.39 Å². The molecule has 1 fully saturated rings. The fraction of sp³-hybridized carbons (Fsp3) is 0.542. The predicted octanol–water partition coefficient (Wildman–Crippen LogP) is 2.42. The number of piperidine rings is 1. The van der Waals surface area contributed by atoms with Gasteiger partial charge in [-0.3, -0.25) is 14.6 Å². The molecule has 9 heteroatoms. The van der Waals surface area contributed by atoms with Crippen LogP contribution >= 0.6 is 0 Å². The van der Waals surface area contributed by atoms with Crippen LogP contribution in [0.15, 0.2) is 16.9 Å². The quantitative estimate of drug-likeness (QED) is 0.737. The van der Waals surface area contributed by atoms with Crippen molar-refractivity contribution >= 4 is 17.5 Å². The maximum Gasteiger partial charge on any atom is 0.255 e. The first-order valence-corrected chi connectivity index (χ1v) is 11.7. The van der Waals surface area contributed by atoms with Crippen molar-refractivity contribution in [1.82, 2.24) is 15.3 Å². The van der Waals surface area contributed by atoms with E-state index in [-0.39, 0.29) is 11.5 Å². The fourth-order valence-corrected chi connectivity index (χ4v) is 5.72. The van der Waals surface area contributed by atoms with Crippen LogP contribution in [0.25, 0.3) is 0 Å². The van der Waals surface area contributed by atoms with Crippen LogP contribution in [0, 0.1) is 11.6 Å². The summed E-state index contributed by atoms with van der Waals surface area (Å²) < 4.78 is 29.1. The highest BCUT2D eigenvalue weighted by Gasteiger charge is 2.47. The Hall–Kier alpha value is -2.97. The molecule has 2 aliphatic heterocycles. The molecule has 0 atom stereocenters. The third-order valence-electron chi connectivity index (χ3n) is 7.35. The van der Waals surface area contributed by atoms with Gasteiger partial charge in [0.15, 0.2) is 0 Å². The first-order chi connectivity index (χ1) is 15.9. The minimum Gasteiger partial charge on any atom is -0.368 e. The first kappa shape index (κ1) is 21.9. The number of anilines is 2. The number of aryl methyl sites for hydroxylation is 1. The number of nitrogens with one attached hydrogen (secondary N) is 2.